The first-order valence-corrected chi connectivity index (χ1v) is 13.9. The summed E-state index contributed by atoms with van der Waals surface area (Å²) in [5.41, 5.74) is -9.84. The van der Waals surface area contributed by atoms with E-state index >= 15 is 0 Å². The number of halogens is 12. The van der Waals surface area contributed by atoms with E-state index in [0.29, 0.717) is 24.3 Å². The molecule has 2 unspecified atom stereocenters. The van der Waals surface area contributed by atoms with E-state index in [1.54, 1.807) is 19.0 Å². The minimum Gasteiger partial charge on any atom is -0.387 e. The molecule has 2 atom stereocenters. The van der Waals surface area contributed by atoms with Gasteiger partial charge in [-0.05, 0) is 49.5 Å². The number of aliphatic hydroxyl groups excluding tert-OH is 2. The van der Waals surface area contributed by atoms with Crippen molar-refractivity contribution in [3.05, 3.63) is 82.2 Å². The maximum Gasteiger partial charge on any atom is 0.433 e. The molecular weight excluding hydrogens is 676 g/mol. The second kappa shape index (κ2) is 13.3. The molecule has 6 nitrogen and oxygen atoms in total. The SMILES string of the molecule is CN(C)CCN(CC(O)c1cc(C(F)(F)F)nc2c(C(F)(F)F)cccc12)CC(O)c1cc(C(F)(F)F)nc2c(C(F)(F)F)cccc12. The van der Waals surface area contributed by atoms with Gasteiger partial charge in [0.25, 0.3) is 0 Å². The van der Waals surface area contributed by atoms with Crippen LogP contribution in [0.2, 0.25) is 0 Å². The number of nitrogens with zero attached hydrogens (tertiary/aromatic N) is 4. The zero-order valence-corrected chi connectivity index (χ0v) is 24.8. The van der Waals surface area contributed by atoms with Crippen molar-refractivity contribution in [3.63, 3.8) is 0 Å². The number of alkyl halides is 12. The third-order valence-electron chi connectivity index (χ3n) is 7.38. The Balaban J connectivity index is 1.80. The smallest absolute Gasteiger partial charge is 0.387 e. The minimum atomic E-state index is -5.23. The van der Waals surface area contributed by atoms with Crippen LogP contribution in [0.25, 0.3) is 21.8 Å². The van der Waals surface area contributed by atoms with Crippen LogP contribution in [0.5, 0.6) is 0 Å². The van der Waals surface area contributed by atoms with E-state index in [1.165, 1.54) is 4.90 Å². The second-order valence-electron chi connectivity index (χ2n) is 11.2. The number of aromatic nitrogens is 2. The lowest BCUT2D eigenvalue weighted by Crippen LogP contribution is -2.37. The predicted molar refractivity (Wildman–Crippen MR) is 148 cm³/mol. The molecule has 262 valence electrons. The van der Waals surface area contributed by atoms with Gasteiger partial charge in [-0.15, -0.1) is 0 Å². The van der Waals surface area contributed by atoms with Gasteiger partial charge in [0.1, 0.15) is 11.4 Å². The van der Waals surface area contributed by atoms with Gasteiger partial charge in [0.2, 0.25) is 0 Å². The fourth-order valence-corrected chi connectivity index (χ4v) is 5.13. The van der Waals surface area contributed by atoms with Crippen LogP contribution in [0.1, 0.15) is 45.8 Å². The van der Waals surface area contributed by atoms with Gasteiger partial charge in [-0.2, -0.15) is 52.7 Å². The molecule has 0 aliphatic carbocycles. The molecule has 2 aromatic carbocycles. The van der Waals surface area contributed by atoms with Crippen LogP contribution in [-0.4, -0.2) is 70.3 Å². The molecule has 4 rings (SSSR count). The molecule has 0 amide bonds. The molecule has 0 fully saturated rings. The molecule has 2 aromatic heterocycles. The number of aliphatic hydroxyl groups is 2. The number of hydrogen-bond donors (Lipinski definition) is 2. The molecule has 2 heterocycles. The van der Waals surface area contributed by atoms with Crippen LogP contribution in [0.4, 0.5) is 52.7 Å². The van der Waals surface area contributed by atoms with Crippen LogP contribution in [0, 0.1) is 0 Å². The molecule has 0 saturated carbocycles. The van der Waals surface area contributed by atoms with Crippen molar-refractivity contribution in [1.29, 1.82) is 0 Å². The van der Waals surface area contributed by atoms with Gasteiger partial charge in [-0.3, -0.25) is 4.90 Å². The van der Waals surface area contributed by atoms with Crippen molar-refractivity contribution in [1.82, 2.24) is 19.8 Å². The van der Waals surface area contributed by atoms with Crippen LogP contribution in [-0.2, 0) is 24.7 Å². The summed E-state index contributed by atoms with van der Waals surface area (Å²) >= 11 is 0. The maximum atomic E-state index is 13.7. The van der Waals surface area contributed by atoms with Gasteiger partial charge in [0.05, 0.1) is 34.4 Å². The summed E-state index contributed by atoms with van der Waals surface area (Å²) in [5.74, 6) is 0. The molecule has 0 aliphatic rings. The molecule has 0 bridgehead atoms. The lowest BCUT2D eigenvalue weighted by atomic mass is 9.98. The van der Waals surface area contributed by atoms with Crippen LogP contribution < -0.4 is 0 Å². The van der Waals surface area contributed by atoms with Crippen LogP contribution in [0.3, 0.4) is 0 Å². The van der Waals surface area contributed by atoms with E-state index < -0.39 is 105 Å². The quantitative estimate of drug-likeness (QED) is 0.176. The van der Waals surface area contributed by atoms with E-state index in [1.807, 2.05) is 0 Å². The number of fused-ring (bicyclic) bond motifs is 2. The van der Waals surface area contributed by atoms with Crippen LogP contribution >= 0.6 is 0 Å². The Morgan fingerprint density at radius 3 is 1.27 bits per heavy atom. The third kappa shape index (κ3) is 8.27. The Morgan fingerprint density at radius 2 is 0.958 bits per heavy atom. The average molecular weight is 703 g/mol. The highest BCUT2D eigenvalue weighted by molar-refractivity contribution is 5.87. The topological polar surface area (TPSA) is 72.7 Å². The fraction of sp³-hybridized carbons (Fsp3) is 0.400. The standard InChI is InChI=1S/C30H26F12N4O2/c1-45(2)9-10-46(13-21(47)17-11-23(29(37,38)39)43-25-15(17)5-3-7-19(25)27(31,32)33)14-22(48)18-12-24(30(40,41)42)44-26-16(18)6-4-8-20(26)28(34,35)36/h3-8,11-12,21-22,47-48H,9-10,13-14H2,1-2H3. The second-order valence-corrected chi connectivity index (χ2v) is 11.2. The largest absolute Gasteiger partial charge is 0.433 e. The molecule has 48 heavy (non-hydrogen) atoms. The Bertz CT molecular complexity index is 1650. The summed E-state index contributed by atoms with van der Waals surface area (Å²) in [6, 6.07) is 5.65. The molecule has 4 aromatic rings. The van der Waals surface area contributed by atoms with Gasteiger partial charge < -0.3 is 15.1 Å². The Morgan fingerprint density at radius 1 is 0.583 bits per heavy atom. The molecule has 2 N–H and O–H groups in total. The van der Waals surface area contributed by atoms with Gasteiger partial charge in [0, 0.05) is 37.0 Å². The highest BCUT2D eigenvalue weighted by Gasteiger charge is 2.40. The van der Waals surface area contributed by atoms with Gasteiger partial charge >= 0.3 is 24.7 Å². The van der Waals surface area contributed by atoms with Crippen molar-refractivity contribution in [2.24, 2.45) is 0 Å². The van der Waals surface area contributed by atoms with Gasteiger partial charge in [-0.1, -0.05) is 24.3 Å². The Labute approximate surface area is 264 Å². The first-order chi connectivity index (χ1) is 22.0. The normalized spacial score (nSPS) is 14.8. The third-order valence-corrected chi connectivity index (χ3v) is 7.38. The Hall–Kier alpha value is -3.74. The van der Waals surface area contributed by atoms with E-state index in [4.69, 9.17) is 0 Å². The molecular formula is C30H26F12N4O2. The maximum absolute atomic E-state index is 13.7. The fourth-order valence-electron chi connectivity index (χ4n) is 5.13. The van der Waals surface area contributed by atoms with Gasteiger partial charge in [-0.25, -0.2) is 9.97 Å². The molecule has 0 radical (unpaired) electrons. The van der Waals surface area contributed by atoms with E-state index in [-0.39, 0.29) is 13.1 Å². The zero-order chi connectivity index (χ0) is 36.0. The average Bonchev–Trinajstić information content (AvgIpc) is 2.95. The molecule has 18 heteroatoms. The number of hydrogen-bond acceptors (Lipinski definition) is 6. The molecule has 0 spiro atoms. The predicted octanol–water partition coefficient (Wildman–Crippen LogP) is 7.49. The Kier molecular flexibility index (Phi) is 10.3. The summed E-state index contributed by atoms with van der Waals surface area (Å²) in [6.45, 7) is -1.29. The number of pyridine rings is 2. The minimum absolute atomic E-state index is 0.104. The lowest BCUT2D eigenvalue weighted by molar-refractivity contribution is -0.142. The first kappa shape index (κ1) is 37.1. The number of rotatable bonds is 9. The van der Waals surface area contributed by atoms with Gasteiger partial charge in [0.15, 0.2) is 0 Å². The monoisotopic (exact) mass is 702 g/mol. The summed E-state index contributed by atoms with van der Waals surface area (Å²) < 4.78 is 165. The number of likely N-dealkylation sites (N-methyl/N-ethyl adjacent to an activating group) is 1. The van der Waals surface area contributed by atoms with Crippen molar-refractivity contribution >= 4 is 21.8 Å². The summed E-state index contributed by atoms with van der Waals surface area (Å²) in [6.07, 6.45) is -24.6. The first-order valence-electron chi connectivity index (χ1n) is 13.9. The van der Waals surface area contributed by atoms with E-state index in [0.717, 1.165) is 24.3 Å². The summed E-state index contributed by atoms with van der Waals surface area (Å²) in [4.78, 5) is 9.14. The molecule has 0 aliphatic heterocycles. The van der Waals surface area contributed by atoms with E-state index in [9.17, 15) is 62.9 Å². The van der Waals surface area contributed by atoms with Crippen LogP contribution in [0.15, 0.2) is 48.5 Å². The van der Waals surface area contributed by atoms with Crippen molar-refractivity contribution < 1.29 is 62.9 Å². The zero-order valence-electron chi connectivity index (χ0n) is 24.8. The van der Waals surface area contributed by atoms with Crippen molar-refractivity contribution in [2.45, 2.75) is 36.9 Å². The highest BCUT2D eigenvalue weighted by atomic mass is 19.4. The number of para-hydroxylation sites is 2. The lowest BCUT2D eigenvalue weighted by Gasteiger charge is -2.30. The highest BCUT2D eigenvalue weighted by Crippen LogP contribution is 2.41. The van der Waals surface area contributed by atoms with Crippen molar-refractivity contribution in [3.8, 4) is 0 Å². The van der Waals surface area contributed by atoms with Crippen molar-refractivity contribution in [2.75, 3.05) is 40.3 Å². The van der Waals surface area contributed by atoms with E-state index in [2.05, 4.69) is 9.97 Å². The molecule has 0 saturated heterocycles. The number of benzene rings is 2. The summed E-state index contributed by atoms with van der Waals surface area (Å²) in [5, 5.41) is 21.4. The summed E-state index contributed by atoms with van der Waals surface area (Å²) in [7, 11) is 3.20.